The fourth-order valence-electron chi connectivity index (χ4n) is 5.75. The summed E-state index contributed by atoms with van der Waals surface area (Å²) >= 11 is 0. The van der Waals surface area contributed by atoms with E-state index in [1.807, 2.05) is 0 Å². The molecule has 1 aliphatic heterocycles. The molecular weight excluding hydrogens is 342 g/mol. The molecule has 0 aromatic heterocycles. The summed E-state index contributed by atoms with van der Waals surface area (Å²) in [6.45, 7) is -0.504. The fraction of sp³-hybridized carbons (Fsp3) is 0.882. The van der Waals surface area contributed by atoms with Crippen molar-refractivity contribution in [2.24, 2.45) is 22.7 Å². The molecule has 5 rings (SSSR count). The number of carbonyl (C=O) groups is 1. The van der Waals surface area contributed by atoms with Crippen molar-refractivity contribution in [3.05, 3.63) is 0 Å². The number of aliphatic hydroxyl groups excluding tert-OH is 4. The molecule has 0 aromatic rings. The Hall–Kier alpha value is -1.42. The van der Waals surface area contributed by atoms with Crippen LogP contribution < -0.4 is 10.8 Å². The number of carbonyl (C=O) groups excluding carboxylic acids is 1. The lowest BCUT2D eigenvalue weighted by Gasteiger charge is -2.56. The minimum Gasteiger partial charge on any atom is -0.394 e. The highest BCUT2D eigenvalue weighted by molar-refractivity contribution is 5.88. The molecule has 0 spiro atoms. The van der Waals surface area contributed by atoms with E-state index in [1.54, 1.807) is 0 Å². The average Bonchev–Trinajstić information content (AvgIpc) is 2.57. The molecule has 4 saturated carbocycles. The van der Waals surface area contributed by atoms with Gasteiger partial charge < -0.3 is 30.6 Å². The van der Waals surface area contributed by atoms with E-state index >= 15 is 0 Å². The van der Waals surface area contributed by atoms with Gasteiger partial charge in [-0.3, -0.25) is 4.99 Å². The Labute approximate surface area is 151 Å². The van der Waals surface area contributed by atoms with Gasteiger partial charge in [-0.25, -0.2) is 10.3 Å². The smallest absolute Gasteiger partial charge is 0.394 e. The van der Waals surface area contributed by atoms with Crippen molar-refractivity contribution in [3.8, 4) is 0 Å². The van der Waals surface area contributed by atoms with Crippen LogP contribution in [0.1, 0.15) is 38.5 Å². The Morgan fingerprint density at radius 2 is 1.65 bits per heavy atom. The van der Waals surface area contributed by atoms with Crippen LogP contribution in [0.4, 0.5) is 4.79 Å². The molecule has 0 unspecified atom stereocenters. The topological polar surface area (TPSA) is 144 Å². The summed E-state index contributed by atoms with van der Waals surface area (Å²) < 4.78 is 0. The summed E-state index contributed by atoms with van der Waals surface area (Å²) in [6, 6.07) is -0.995. The molecule has 0 aromatic carbocycles. The second kappa shape index (κ2) is 6.63. The van der Waals surface area contributed by atoms with Gasteiger partial charge in [-0.1, -0.05) is 0 Å². The number of nitrogens with zero attached hydrogens (tertiary/aromatic N) is 1. The van der Waals surface area contributed by atoms with Crippen LogP contribution in [0.3, 0.4) is 0 Å². The van der Waals surface area contributed by atoms with E-state index in [2.05, 4.69) is 15.8 Å². The second-order valence-corrected chi connectivity index (χ2v) is 8.50. The first-order valence-corrected chi connectivity index (χ1v) is 9.37. The van der Waals surface area contributed by atoms with E-state index in [1.165, 1.54) is 19.3 Å². The van der Waals surface area contributed by atoms with E-state index in [0.717, 1.165) is 19.3 Å². The molecule has 146 valence electrons. The first-order valence-electron chi connectivity index (χ1n) is 9.37. The van der Waals surface area contributed by atoms with Crippen LogP contribution in [0.25, 0.3) is 0 Å². The molecule has 1 heterocycles. The summed E-state index contributed by atoms with van der Waals surface area (Å²) in [6.07, 6.45) is 1.64. The number of aliphatic hydroxyl groups is 4. The van der Waals surface area contributed by atoms with Gasteiger partial charge in [0, 0.05) is 5.54 Å². The van der Waals surface area contributed by atoms with Gasteiger partial charge >= 0.3 is 6.09 Å². The lowest BCUT2D eigenvalue weighted by atomic mass is 9.53. The molecule has 4 bridgehead atoms. The Bertz CT molecular complexity index is 562. The highest BCUT2D eigenvalue weighted by atomic mass is 16.7. The molecule has 9 heteroatoms. The van der Waals surface area contributed by atoms with Crippen LogP contribution in [0.15, 0.2) is 4.99 Å². The number of aliphatic imine (C=N–C) groups is 1. The predicted molar refractivity (Wildman–Crippen MR) is 90.0 cm³/mol. The third kappa shape index (κ3) is 3.17. The van der Waals surface area contributed by atoms with Crippen molar-refractivity contribution in [1.29, 1.82) is 0 Å². The summed E-state index contributed by atoms with van der Waals surface area (Å²) in [5.41, 5.74) is 2.07. The predicted octanol–water partition coefficient (Wildman–Crippen LogP) is -0.958. The van der Waals surface area contributed by atoms with Crippen molar-refractivity contribution in [2.45, 2.75) is 68.4 Å². The lowest BCUT2D eigenvalue weighted by Crippen LogP contribution is -2.61. The molecule has 6 N–H and O–H groups in total. The summed E-state index contributed by atoms with van der Waals surface area (Å²) in [5.74, 6) is 1.85. The van der Waals surface area contributed by atoms with Crippen LogP contribution in [0.2, 0.25) is 0 Å². The Kier molecular flexibility index (Phi) is 4.58. The number of hydrogen-bond donors (Lipinski definition) is 6. The van der Waals surface area contributed by atoms with Crippen molar-refractivity contribution in [3.63, 3.8) is 0 Å². The molecule has 4 aliphatic carbocycles. The number of hydrogen-bond acceptors (Lipinski definition) is 8. The maximum absolute atomic E-state index is 12.3. The van der Waals surface area contributed by atoms with Gasteiger partial charge in [0.15, 0.2) is 5.84 Å². The lowest BCUT2D eigenvalue weighted by molar-refractivity contribution is -0.0630. The minimum absolute atomic E-state index is 0.192. The number of rotatable bonds is 2. The molecule has 26 heavy (non-hydrogen) atoms. The van der Waals surface area contributed by atoms with Gasteiger partial charge in [-0.05, 0) is 56.3 Å². The third-order valence-corrected chi connectivity index (χ3v) is 6.49. The molecule has 9 nitrogen and oxygen atoms in total. The van der Waals surface area contributed by atoms with Gasteiger partial charge in [-0.2, -0.15) is 0 Å². The molecule has 0 radical (unpaired) electrons. The van der Waals surface area contributed by atoms with Gasteiger partial charge in [0.05, 0.1) is 6.61 Å². The zero-order valence-electron chi connectivity index (χ0n) is 14.5. The SMILES string of the molecule is O=C(NC12CC3CC(CC(C3)C1)C2)ONC1=N[C@H](CO)[C@@H](O)[C@H](O)[C@H]1O. The average molecular weight is 369 g/mol. The van der Waals surface area contributed by atoms with Crippen LogP contribution >= 0.6 is 0 Å². The van der Waals surface area contributed by atoms with Gasteiger partial charge in [-0.15, -0.1) is 0 Å². The first kappa shape index (κ1) is 18.0. The largest absolute Gasteiger partial charge is 0.431 e. The highest BCUT2D eigenvalue weighted by Crippen LogP contribution is 2.55. The highest BCUT2D eigenvalue weighted by Gasteiger charge is 2.52. The van der Waals surface area contributed by atoms with Crippen LogP contribution in [-0.2, 0) is 4.84 Å². The Morgan fingerprint density at radius 3 is 2.19 bits per heavy atom. The number of nitrogens with one attached hydrogen (secondary N) is 2. The molecule has 4 atom stereocenters. The number of amidine groups is 1. The third-order valence-electron chi connectivity index (χ3n) is 6.49. The minimum atomic E-state index is -1.53. The van der Waals surface area contributed by atoms with E-state index in [-0.39, 0.29) is 11.4 Å². The van der Waals surface area contributed by atoms with Crippen LogP contribution in [0, 0.1) is 17.8 Å². The van der Waals surface area contributed by atoms with E-state index in [9.17, 15) is 25.2 Å². The second-order valence-electron chi connectivity index (χ2n) is 8.50. The van der Waals surface area contributed by atoms with Gasteiger partial charge in [0.25, 0.3) is 0 Å². The fourth-order valence-corrected chi connectivity index (χ4v) is 5.75. The van der Waals surface area contributed by atoms with Crippen LogP contribution in [-0.4, -0.2) is 68.9 Å². The molecule has 4 fully saturated rings. The van der Waals surface area contributed by atoms with Crippen LogP contribution in [0.5, 0.6) is 0 Å². The van der Waals surface area contributed by atoms with E-state index in [4.69, 9.17) is 4.84 Å². The summed E-state index contributed by atoms with van der Waals surface area (Å²) in [5, 5.41) is 41.7. The summed E-state index contributed by atoms with van der Waals surface area (Å²) in [7, 11) is 0. The van der Waals surface area contributed by atoms with Crippen molar-refractivity contribution < 1.29 is 30.1 Å². The summed E-state index contributed by atoms with van der Waals surface area (Å²) in [4.78, 5) is 21.2. The zero-order chi connectivity index (χ0) is 18.5. The zero-order valence-corrected chi connectivity index (χ0v) is 14.5. The normalized spacial score (nSPS) is 46.6. The number of hydroxylamine groups is 1. The van der Waals surface area contributed by atoms with Crippen molar-refractivity contribution >= 4 is 11.9 Å². The molecule has 1 amide bonds. The first-order chi connectivity index (χ1) is 12.4. The van der Waals surface area contributed by atoms with Gasteiger partial charge in [0.2, 0.25) is 0 Å². The monoisotopic (exact) mass is 369 g/mol. The maximum atomic E-state index is 12.3. The maximum Gasteiger partial charge on any atom is 0.431 e. The Balaban J connectivity index is 1.36. The Morgan fingerprint density at radius 1 is 1.08 bits per heavy atom. The number of amides is 1. The van der Waals surface area contributed by atoms with Gasteiger partial charge in [0.1, 0.15) is 24.4 Å². The quantitative estimate of drug-likeness (QED) is 0.344. The standard InChI is InChI=1S/C17H27N3O6/c21-7-11-12(22)13(23)14(24)15(18-11)20-26-16(25)19-17-4-8-1-9(5-17)3-10(2-8)6-17/h8-14,21-24H,1-7H2,(H,18,20)(H,19,25)/t8?,9?,10?,11-,12-,13+,14-,17?/m1/s1. The molecule has 5 aliphatic rings. The van der Waals surface area contributed by atoms with E-state index < -0.39 is 37.1 Å². The van der Waals surface area contributed by atoms with Crippen molar-refractivity contribution in [1.82, 2.24) is 10.8 Å². The van der Waals surface area contributed by atoms with E-state index in [0.29, 0.717) is 17.8 Å². The van der Waals surface area contributed by atoms with Crippen molar-refractivity contribution in [2.75, 3.05) is 6.61 Å². The molecule has 0 saturated heterocycles. The molecular formula is C17H27N3O6.